The Hall–Kier alpha value is -2.50. The molecule has 1 aliphatic heterocycles. The molecular weight excluding hydrogens is 246 g/mol. The quantitative estimate of drug-likeness (QED) is 0.776. The van der Waals surface area contributed by atoms with Gasteiger partial charge in [-0.15, -0.1) is 0 Å². The van der Waals surface area contributed by atoms with Gasteiger partial charge in [0.05, 0.1) is 11.3 Å². The number of hydrogen-bond acceptors (Lipinski definition) is 5. The van der Waals surface area contributed by atoms with Crippen LogP contribution in [0.5, 0.6) is 0 Å². The van der Waals surface area contributed by atoms with Gasteiger partial charge in [-0.3, -0.25) is 14.5 Å². The van der Waals surface area contributed by atoms with E-state index in [1.807, 2.05) is 6.92 Å². The summed E-state index contributed by atoms with van der Waals surface area (Å²) < 4.78 is 5.05. The molecule has 0 N–H and O–H groups in total. The lowest BCUT2D eigenvalue weighted by atomic mass is 10.1. The minimum atomic E-state index is -0.558. The van der Waals surface area contributed by atoms with Gasteiger partial charge in [-0.05, 0) is 12.1 Å². The predicted octanol–water partition coefficient (Wildman–Crippen LogP) is 1.36. The van der Waals surface area contributed by atoms with E-state index in [0.717, 1.165) is 0 Å². The highest BCUT2D eigenvalue weighted by molar-refractivity contribution is 6.52. The Morgan fingerprint density at radius 1 is 1.26 bits per heavy atom. The molecule has 1 aromatic carbocycles. The van der Waals surface area contributed by atoms with Crippen molar-refractivity contribution in [1.82, 2.24) is 10.1 Å². The average Bonchev–Trinajstić information content (AvgIpc) is 2.99. The van der Waals surface area contributed by atoms with Crippen LogP contribution in [0.15, 0.2) is 28.8 Å². The first-order valence-electron chi connectivity index (χ1n) is 5.97. The van der Waals surface area contributed by atoms with Crippen LogP contribution in [0.2, 0.25) is 0 Å². The Morgan fingerprint density at radius 2 is 2.05 bits per heavy atom. The van der Waals surface area contributed by atoms with Gasteiger partial charge < -0.3 is 4.52 Å². The molecule has 3 rings (SSSR count). The summed E-state index contributed by atoms with van der Waals surface area (Å²) in [5.74, 6) is -0.140. The summed E-state index contributed by atoms with van der Waals surface area (Å²) in [5.41, 5.74) is 1.01. The normalized spacial score (nSPS) is 14.1. The molecule has 0 fully saturated rings. The van der Waals surface area contributed by atoms with Gasteiger partial charge in [0.25, 0.3) is 11.7 Å². The van der Waals surface area contributed by atoms with Gasteiger partial charge in [0, 0.05) is 6.42 Å². The van der Waals surface area contributed by atoms with Gasteiger partial charge >= 0.3 is 0 Å². The Labute approximate surface area is 109 Å². The third-order valence-electron chi connectivity index (χ3n) is 3.00. The summed E-state index contributed by atoms with van der Waals surface area (Å²) in [6, 6.07) is 6.88. The fourth-order valence-corrected chi connectivity index (χ4v) is 2.04. The number of fused-ring (bicyclic) bond motifs is 1. The highest BCUT2D eigenvalue weighted by atomic mass is 16.5. The zero-order valence-electron chi connectivity index (χ0n) is 10.3. The fraction of sp³-hybridized carbons (Fsp3) is 0.231. The van der Waals surface area contributed by atoms with Gasteiger partial charge in [-0.1, -0.05) is 24.2 Å². The number of aromatic nitrogens is 2. The number of nitrogens with zero attached hydrogens (tertiary/aromatic N) is 3. The third-order valence-corrected chi connectivity index (χ3v) is 3.00. The minimum Gasteiger partial charge on any atom is -0.337 e. The minimum absolute atomic E-state index is 0.120. The lowest BCUT2D eigenvalue weighted by Crippen LogP contribution is -2.29. The Morgan fingerprint density at radius 3 is 2.79 bits per heavy atom. The van der Waals surface area contributed by atoms with E-state index in [4.69, 9.17) is 4.52 Å². The summed E-state index contributed by atoms with van der Waals surface area (Å²) in [7, 11) is 0. The van der Waals surface area contributed by atoms with Gasteiger partial charge in [0.1, 0.15) is 6.54 Å². The van der Waals surface area contributed by atoms with E-state index in [1.54, 1.807) is 24.3 Å². The van der Waals surface area contributed by atoms with Crippen LogP contribution >= 0.6 is 0 Å². The molecule has 19 heavy (non-hydrogen) atoms. The molecule has 96 valence electrons. The largest absolute Gasteiger partial charge is 0.337 e. The zero-order valence-corrected chi connectivity index (χ0v) is 10.3. The molecular formula is C13H11N3O3. The molecule has 1 aliphatic rings. The number of amides is 1. The van der Waals surface area contributed by atoms with E-state index in [-0.39, 0.29) is 6.54 Å². The van der Waals surface area contributed by atoms with Crippen molar-refractivity contribution in [3.05, 3.63) is 41.5 Å². The van der Waals surface area contributed by atoms with Crippen LogP contribution in [-0.4, -0.2) is 21.8 Å². The topological polar surface area (TPSA) is 76.3 Å². The maximum Gasteiger partial charge on any atom is 0.299 e. The van der Waals surface area contributed by atoms with Crippen molar-refractivity contribution in [2.45, 2.75) is 19.9 Å². The molecule has 2 heterocycles. The van der Waals surface area contributed by atoms with E-state index >= 15 is 0 Å². The summed E-state index contributed by atoms with van der Waals surface area (Å²) in [6.45, 7) is 2.03. The van der Waals surface area contributed by atoms with E-state index in [0.29, 0.717) is 29.4 Å². The molecule has 0 unspecified atom stereocenters. The van der Waals surface area contributed by atoms with E-state index < -0.39 is 11.7 Å². The van der Waals surface area contributed by atoms with Gasteiger partial charge in [-0.2, -0.15) is 4.98 Å². The summed E-state index contributed by atoms with van der Waals surface area (Å²) >= 11 is 0. The standard InChI is InChI=1S/C13H11N3O3/c1-2-10-14-11(19-15-10)7-16-9-6-4-3-5-8(9)12(17)13(16)18/h3-6H,2,7H2,1H3. The second kappa shape index (κ2) is 4.31. The molecule has 0 spiro atoms. The second-order valence-electron chi connectivity index (χ2n) is 4.20. The number of carbonyl (C=O) groups is 2. The third kappa shape index (κ3) is 1.81. The number of para-hydroxylation sites is 1. The predicted molar refractivity (Wildman–Crippen MR) is 65.6 cm³/mol. The van der Waals surface area contributed by atoms with Crippen molar-refractivity contribution < 1.29 is 14.1 Å². The number of hydrogen-bond donors (Lipinski definition) is 0. The molecule has 6 nitrogen and oxygen atoms in total. The van der Waals surface area contributed by atoms with Crippen molar-refractivity contribution in [3.8, 4) is 0 Å². The maximum absolute atomic E-state index is 11.9. The number of rotatable bonds is 3. The first-order valence-corrected chi connectivity index (χ1v) is 5.97. The van der Waals surface area contributed by atoms with Crippen molar-refractivity contribution >= 4 is 17.4 Å². The number of aryl methyl sites for hydroxylation is 1. The summed E-state index contributed by atoms with van der Waals surface area (Å²) in [6.07, 6.45) is 0.660. The molecule has 2 aromatic rings. The number of anilines is 1. The first kappa shape index (κ1) is 11.6. The van der Waals surface area contributed by atoms with Crippen molar-refractivity contribution in [2.24, 2.45) is 0 Å². The van der Waals surface area contributed by atoms with Crippen molar-refractivity contribution in [3.63, 3.8) is 0 Å². The van der Waals surface area contributed by atoms with E-state index in [9.17, 15) is 9.59 Å². The van der Waals surface area contributed by atoms with Crippen LogP contribution in [0.3, 0.4) is 0 Å². The molecule has 1 aromatic heterocycles. The lowest BCUT2D eigenvalue weighted by Gasteiger charge is -2.13. The van der Waals surface area contributed by atoms with Crippen LogP contribution in [0, 0.1) is 0 Å². The Bertz CT molecular complexity index is 663. The molecule has 0 saturated heterocycles. The fourth-order valence-electron chi connectivity index (χ4n) is 2.04. The van der Waals surface area contributed by atoms with Crippen molar-refractivity contribution in [2.75, 3.05) is 4.90 Å². The highest BCUT2D eigenvalue weighted by Crippen LogP contribution is 2.29. The van der Waals surface area contributed by atoms with Crippen LogP contribution in [0.1, 0.15) is 29.0 Å². The van der Waals surface area contributed by atoms with Gasteiger partial charge in [0.15, 0.2) is 5.82 Å². The zero-order chi connectivity index (χ0) is 13.4. The first-order chi connectivity index (χ1) is 9.20. The number of Topliss-reactive ketones (excluding diaryl/α,β-unsaturated/α-hetero) is 1. The molecule has 0 saturated carbocycles. The monoisotopic (exact) mass is 257 g/mol. The van der Waals surface area contributed by atoms with Gasteiger partial charge in [0.2, 0.25) is 5.89 Å². The highest BCUT2D eigenvalue weighted by Gasteiger charge is 2.36. The van der Waals surface area contributed by atoms with E-state index in [1.165, 1.54) is 4.90 Å². The molecule has 0 radical (unpaired) electrons. The van der Waals surface area contributed by atoms with Crippen LogP contribution < -0.4 is 4.90 Å². The molecule has 1 amide bonds. The van der Waals surface area contributed by atoms with Crippen LogP contribution in [0.4, 0.5) is 5.69 Å². The second-order valence-corrected chi connectivity index (χ2v) is 4.20. The number of ketones is 1. The molecule has 6 heteroatoms. The van der Waals surface area contributed by atoms with Gasteiger partial charge in [-0.25, -0.2) is 0 Å². The molecule has 0 aliphatic carbocycles. The van der Waals surface area contributed by atoms with E-state index in [2.05, 4.69) is 10.1 Å². The summed E-state index contributed by atoms with van der Waals surface area (Å²) in [4.78, 5) is 29.2. The molecule has 0 atom stereocenters. The number of carbonyl (C=O) groups excluding carboxylic acids is 2. The average molecular weight is 257 g/mol. The lowest BCUT2D eigenvalue weighted by molar-refractivity contribution is -0.114. The van der Waals surface area contributed by atoms with Crippen LogP contribution in [-0.2, 0) is 17.8 Å². The Kier molecular flexibility index (Phi) is 2.63. The van der Waals surface area contributed by atoms with Crippen LogP contribution in [0.25, 0.3) is 0 Å². The maximum atomic E-state index is 11.9. The molecule has 0 bridgehead atoms. The smallest absolute Gasteiger partial charge is 0.299 e. The SMILES string of the molecule is CCc1noc(CN2C(=O)C(=O)c3ccccc32)n1. The van der Waals surface area contributed by atoms with Crippen molar-refractivity contribution in [1.29, 1.82) is 0 Å². The Balaban J connectivity index is 1.93. The number of benzene rings is 1. The summed E-state index contributed by atoms with van der Waals surface area (Å²) in [5, 5.41) is 3.77.